The van der Waals surface area contributed by atoms with E-state index in [1.807, 2.05) is 0 Å². The van der Waals surface area contributed by atoms with E-state index < -0.39 is 12.0 Å². The van der Waals surface area contributed by atoms with E-state index in [1.165, 1.54) is 6.07 Å². The van der Waals surface area contributed by atoms with Gasteiger partial charge in [0.2, 0.25) is 0 Å². The van der Waals surface area contributed by atoms with Gasteiger partial charge in [0, 0.05) is 30.2 Å². The third-order valence-corrected chi connectivity index (χ3v) is 5.81. The molecule has 4 rings (SSSR count). The fraction of sp³-hybridized carbons (Fsp3) is 0.333. The molecule has 0 aliphatic carbocycles. The lowest BCUT2D eigenvalue weighted by Gasteiger charge is -2.28. The number of phenols is 1. The lowest BCUT2D eigenvalue weighted by Crippen LogP contribution is -2.27. The van der Waals surface area contributed by atoms with Crippen molar-refractivity contribution in [3.8, 4) is 16.9 Å². The van der Waals surface area contributed by atoms with Crippen molar-refractivity contribution in [2.75, 3.05) is 18.5 Å². The average Bonchev–Trinajstić information content (AvgIpc) is 2.75. The van der Waals surface area contributed by atoms with Crippen LogP contribution in [0.3, 0.4) is 0 Å². The molecule has 2 heterocycles. The zero-order chi connectivity index (χ0) is 22.1. The zero-order valence-corrected chi connectivity index (χ0v) is 17.5. The van der Waals surface area contributed by atoms with Gasteiger partial charge in [0.05, 0.1) is 5.52 Å². The molecular formula is C24H25FN2O4. The van der Waals surface area contributed by atoms with Gasteiger partial charge in [-0.25, -0.2) is 9.37 Å². The summed E-state index contributed by atoms with van der Waals surface area (Å²) in [6.07, 6.45) is 1.54. The number of ether oxygens (including phenoxy) is 1. The maximum absolute atomic E-state index is 14.0. The minimum Gasteiger partial charge on any atom is -0.508 e. The van der Waals surface area contributed by atoms with Crippen molar-refractivity contribution in [3.63, 3.8) is 0 Å². The molecule has 1 fully saturated rings. The number of aliphatic carboxylic acids is 1. The molecule has 6 nitrogen and oxygen atoms in total. The third-order valence-electron chi connectivity index (χ3n) is 5.81. The Morgan fingerprint density at radius 2 is 1.97 bits per heavy atom. The minimum atomic E-state index is -0.991. The summed E-state index contributed by atoms with van der Waals surface area (Å²) in [6.45, 7) is 4.49. The second-order valence-corrected chi connectivity index (χ2v) is 8.01. The molecule has 31 heavy (non-hydrogen) atoms. The summed E-state index contributed by atoms with van der Waals surface area (Å²) in [5, 5.41) is 23.4. The standard InChI is InChI=1S/C24H25FN2O4/c1-13-11-16(3-6-19(13)25)21-18-5-4-17(28)12-20(18)27-23(26-14(2)24(29)30)22(21)15-7-9-31-10-8-15/h3-6,11-12,14-15,28H,7-10H2,1-2H3,(H,26,27)(H,29,30)/t14-/m0/s1. The number of rotatable bonds is 5. The number of carboxylic acids is 1. The molecule has 7 heteroatoms. The van der Waals surface area contributed by atoms with Crippen LogP contribution in [-0.4, -0.2) is 40.4 Å². The molecule has 0 unspecified atom stereocenters. The molecule has 1 aliphatic rings. The molecule has 0 bridgehead atoms. The van der Waals surface area contributed by atoms with Gasteiger partial charge < -0.3 is 20.3 Å². The highest BCUT2D eigenvalue weighted by molar-refractivity contribution is 5.99. The van der Waals surface area contributed by atoms with Crippen LogP contribution in [0.4, 0.5) is 10.2 Å². The number of hydrogen-bond acceptors (Lipinski definition) is 5. The van der Waals surface area contributed by atoms with Crippen LogP contribution in [0.15, 0.2) is 36.4 Å². The summed E-state index contributed by atoms with van der Waals surface area (Å²) < 4.78 is 19.6. The van der Waals surface area contributed by atoms with E-state index in [2.05, 4.69) is 5.32 Å². The number of fused-ring (bicyclic) bond motifs is 1. The summed E-state index contributed by atoms with van der Waals surface area (Å²) in [4.78, 5) is 16.3. The molecule has 0 radical (unpaired) electrons. The highest BCUT2D eigenvalue weighted by atomic mass is 19.1. The Labute approximate surface area is 179 Å². The number of nitrogens with zero attached hydrogens (tertiary/aromatic N) is 1. The second-order valence-electron chi connectivity index (χ2n) is 8.01. The number of halogens is 1. The summed E-state index contributed by atoms with van der Waals surface area (Å²) in [5.74, 6) is -0.641. The number of aryl methyl sites for hydroxylation is 1. The number of phenolic OH excluding ortho intramolecular Hbond substituents is 1. The monoisotopic (exact) mass is 424 g/mol. The Hall–Kier alpha value is -3.19. The quantitative estimate of drug-likeness (QED) is 0.543. The number of carboxylic acid groups (broad SMARTS) is 1. The first kappa shape index (κ1) is 21.1. The van der Waals surface area contributed by atoms with Crippen molar-refractivity contribution in [2.45, 2.75) is 38.6 Å². The van der Waals surface area contributed by atoms with E-state index >= 15 is 0 Å². The molecule has 0 saturated carbocycles. The van der Waals surface area contributed by atoms with Crippen molar-refractivity contribution in [1.82, 2.24) is 4.98 Å². The lowest BCUT2D eigenvalue weighted by molar-refractivity contribution is -0.137. The molecule has 2 aromatic carbocycles. The van der Waals surface area contributed by atoms with Gasteiger partial charge in [-0.05, 0) is 73.6 Å². The zero-order valence-electron chi connectivity index (χ0n) is 17.5. The summed E-state index contributed by atoms with van der Waals surface area (Å²) in [6, 6.07) is 9.08. The van der Waals surface area contributed by atoms with Crippen LogP contribution in [0.2, 0.25) is 0 Å². The number of aromatic hydroxyl groups is 1. The van der Waals surface area contributed by atoms with Gasteiger partial charge in [-0.1, -0.05) is 6.07 Å². The van der Waals surface area contributed by atoms with E-state index in [4.69, 9.17) is 9.72 Å². The first-order valence-corrected chi connectivity index (χ1v) is 10.4. The maximum atomic E-state index is 14.0. The molecule has 1 saturated heterocycles. The molecule has 1 aliphatic heterocycles. The van der Waals surface area contributed by atoms with Crippen molar-refractivity contribution in [1.29, 1.82) is 0 Å². The van der Waals surface area contributed by atoms with Crippen molar-refractivity contribution >= 4 is 22.7 Å². The Morgan fingerprint density at radius 1 is 1.23 bits per heavy atom. The number of anilines is 1. The van der Waals surface area contributed by atoms with Gasteiger partial charge in [-0.3, -0.25) is 4.79 Å². The highest BCUT2D eigenvalue weighted by Crippen LogP contribution is 2.43. The van der Waals surface area contributed by atoms with Crippen LogP contribution < -0.4 is 5.32 Å². The van der Waals surface area contributed by atoms with E-state index in [0.29, 0.717) is 30.1 Å². The fourth-order valence-corrected chi connectivity index (χ4v) is 4.14. The molecular weight excluding hydrogens is 399 g/mol. The first-order valence-electron chi connectivity index (χ1n) is 10.4. The summed E-state index contributed by atoms with van der Waals surface area (Å²) in [7, 11) is 0. The smallest absolute Gasteiger partial charge is 0.325 e. The Morgan fingerprint density at radius 3 is 2.65 bits per heavy atom. The van der Waals surface area contributed by atoms with Gasteiger partial charge in [0.1, 0.15) is 23.4 Å². The van der Waals surface area contributed by atoms with E-state index in [1.54, 1.807) is 44.2 Å². The van der Waals surface area contributed by atoms with Crippen LogP contribution >= 0.6 is 0 Å². The highest BCUT2D eigenvalue weighted by Gasteiger charge is 2.27. The SMILES string of the molecule is Cc1cc(-c2c(C3CCOCC3)c(N[C@@H](C)C(=O)O)nc3cc(O)ccc23)ccc1F. The molecule has 0 spiro atoms. The minimum absolute atomic E-state index is 0.0669. The van der Waals surface area contributed by atoms with Crippen LogP contribution in [0.5, 0.6) is 5.75 Å². The second kappa shape index (κ2) is 8.51. The maximum Gasteiger partial charge on any atom is 0.325 e. The fourth-order valence-electron chi connectivity index (χ4n) is 4.14. The van der Waals surface area contributed by atoms with Crippen molar-refractivity contribution in [3.05, 3.63) is 53.3 Å². The van der Waals surface area contributed by atoms with Crippen LogP contribution in [0.1, 0.15) is 36.8 Å². The number of pyridine rings is 1. The van der Waals surface area contributed by atoms with Crippen molar-refractivity contribution < 1.29 is 24.1 Å². The summed E-state index contributed by atoms with van der Waals surface area (Å²) >= 11 is 0. The van der Waals surface area contributed by atoms with Crippen LogP contribution in [-0.2, 0) is 9.53 Å². The number of aromatic nitrogens is 1. The van der Waals surface area contributed by atoms with Gasteiger partial charge in [-0.2, -0.15) is 0 Å². The Balaban J connectivity index is 2.04. The van der Waals surface area contributed by atoms with E-state index in [9.17, 15) is 19.4 Å². The number of carbonyl (C=O) groups is 1. The Kier molecular flexibility index (Phi) is 5.78. The normalized spacial score (nSPS) is 15.7. The third kappa shape index (κ3) is 4.18. The molecule has 162 valence electrons. The molecule has 1 atom stereocenters. The molecule has 3 aromatic rings. The molecule has 1 aromatic heterocycles. The van der Waals surface area contributed by atoms with Gasteiger partial charge in [0.15, 0.2) is 0 Å². The summed E-state index contributed by atoms with van der Waals surface area (Å²) in [5.41, 5.74) is 3.66. The number of nitrogens with one attached hydrogen (secondary N) is 1. The van der Waals surface area contributed by atoms with Crippen LogP contribution in [0.25, 0.3) is 22.0 Å². The van der Waals surface area contributed by atoms with E-state index in [0.717, 1.165) is 34.9 Å². The van der Waals surface area contributed by atoms with Crippen molar-refractivity contribution in [2.24, 2.45) is 0 Å². The average molecular weight is 424 g/mol. The number of benzene rings is 2. The Bertz CT molecular complexity index is 1140. The van der Waals surface area contributed by atoms with Gasteiger partial charge >= 0.3 is 5.97 Å². The topological polar surface area (TPSA) is 91.7 Å². The molecule has 0 amide bonds. The predicted octanol–water partition coefficient (Wildman–Crippen LogP) is 4.83. The van der Waals surface area contributed by atoms with Crippen LogP contribution in [0, 0.1) is 12.7 Å². The predicted molar refractivity (Wildman–Crippen MR) is 117 cm³/mol. The first-order chi connectivity index (χ1) is 14.8. The van der Waals surface area contributed by atoms with Gasteiger partial charge in [-0.15, -0.1) is 0 Å². The molecule has 3 N–H and O–H groups in total. The number of hydrogen-bond donors (Lipinski definition) is 3. The largest absolute Gasteiger partial charge is 0.508 e. The van der Waals surface area contributed by atoms with E-state index in [-0.39, 0.29) is 17.5 Å². The lowest BCUT2D eigenvalue weighted by atomic mass is 9.84. The van der Waals surface area contributed by atoms with Gasteiger partial charge in [0.25, 0.3) is 0 Å².